The lowest BCUT2D eigenvalue weighted by atomic mass is 9.77. The third-order valence-corrected chi connectivity index (χ3v) is 5.36. The fourth-order valence-corrected chi connectivity index (χ4v) is 3.95. The number of ether oxygens (including phenoxy) is 1. The molecule has 1 aliphatic heterocycles. The third kappa shape index (κ3) is 3.51. The van der Waals surface area contributed by atoms with E-state index in [0.717, 1.165) is 25.0 Å². The Kier molecular flexibility index (Phi) is 5.71. The number of carbonyl (C=O) groups is 2. The number of alkyl halides is 6. The number of aliphatic hydroxyl groups is 1. The molecule has 0 bridgehead atoms. The van der Waals surface area contributed by atoms with Gasteiger partial charge in [-0.05, 0) is 18.4 Å². The minimum atomic E-state index is -5.59. The molecule has 2 aromatic rings. The zero-order valence-corrected chi connectivity index (χ0v) is 17.1. The van der Waals surface area contributed by atoms with Gasteiger partial charge >= 0.3 is 18.3 Å². The highest BCUT2D eigenvalue weighted by Gasteiger charge is 2.64. The lowest BCUT2D eigenvalue weighted by Gasteiger charge is -2.43. The lowest BCUT2D eigenvalue weighted by molar-refractivity contribution is -0.251. The van der Waals surface area contributed by atoms with E-state index in [9.17, 15) is 41.0 Å². The molecule has 0 amide bonds. The van der Waals surface area contributed by atoms with Crippen LogP contribution in [0.2, 0.25) is 0 Å². The first-order chi connectivity index (χ1) is 15.2. The van der Waals surface area contributed by atoms with Gasteiger partial charge in [-0.2, -0.15) is 26.3 Å². The van der Waals surface area contributed by atoms with Gasteiger partial charge in [0.15, 0.2) is 0 Å². The van der Waals surface area contributed by atoms with E-state index < -0.39 is 58.6 Å². The molecule has 0 saturated carbocycles. The third-order valence-electron chi connectivity index (χ3n) is 5.36. The van der Waals surface area contributed by atoms with Crippen LogP contribution in [0.25, 0.3) is 10.8 Å². The Balaban J connectivity index is 2.61. The largest absolute Gasteiger partial charge is 0.466 e. The van der Waals surface area contributed by atoms with Gasteiger partial charge in [-0.25, -0.2) is 4.79 Å². The van der Waals surface area contributed by atoms with E-state index in [-0.39, 0.29) is 16.5 Å². The van der Waals surface area contributed by atoms with Gasteiger partial charge in [0.25, 0.3) is 5.78 Å². The standard InChI is InChI=1S/C22H15F6NO4/c1-4-9-29-11(2)16(19(31)33-3)20(32,22(26,27)28)15-10-14(18(30)21(23,24)25)12-7-5-6-8-13(12)17(15)29/h1,5-8,10,32H,9H2,2-3H3. The number of halogens is 6. The second-order valence-electron chi connectivity index (χ2n) is 7.14. The van der Waals surface area contributed by atoms with E-state index in [1.807, 2.05) is 0 Å². The number of hydrogen-bond donors (Lipinski definition) is 1. The molecule has 1 unspecified atom stereocenters. The van der Waals surface area contributed by atoms with Crippen LogP contribution in [-0.4, -0.2) is 42.9 Å². The molecule has 5 nitrogen and oxygen atoms in total. The SMILES string of the molecule is C#CCN1C(C)=C(C(=O)OC)C(O)(C(F)(F)F)c2cc(C(=O)C(F)(F)F)c3ccccc3c21. The van der Waals surface area contributed by atoms with Crippen LogP contribution < -0.4 is 4.90 Å². The molecule has 1 atom stereocenters. The summed E-state index contributed by atoms with van der Waals surface area (Å²) < 4.78 is 87.3. The minimum Gasteiger partial charge on any atom is -0.466 e. The molecule has 33 heavy (non-hydrogen) atoms. The van der Waals surface area contributed by atoms with Crippen molar-refractivity contribution in [3.63, 3.8) is 0 Å². The van der Waals surface area contributed by atoms with Crippen LogP contribution in [0.15, 0.2) is 41.6 Å². The van der Waals surface area contributed by atoms with Crippen molar-refractivity contribution < 1.29 is 45.8 Å². The van der Waals surface area contributed by atoms with Gasteiger partial charge in [0, 0.05) is 22.2 Å². The maximum absolute atomic E-state index is 14.3. The number of anilines is 1. The van der Waals surface area contributed by atoms with Crippen LogP contribution in [0, 0.1) is 12.3 Å². The zero-order chi connectivity index (χ0) is 24.9. The average Bonchev–Trinajstić information content (AvgIpc) is 2.73. The number of hydrogen-bond acceptors (Lipinski definition) is 5. The molecule has 0 radical (unpaired) electrons. The van der Waals surface area contributed by atoms with Gasteiger partial charge < -0.3 is 14.7 Å². The fraction of sp³-hybridized carbons (Fsp3) is 0.273. The Morgan fingerprint density at radius 3 is 2.21 bits per heavy atom. The quantitative estimate of drug-likeness (QED) is 0.314. The van der Waals surface area contributed by atoms with Crippen molar-refractivity contribution in [1.82, 2.24) is 0 Å². The van der Waals surface area contributed by atoms with Gasteiger partial charge in [-0.3, -0.25) is 4.79 Å². The summed E-state index contributed by atoms with van der Waals surface area (Å²) in [5.41, 5.74) is -8.43. The molecule has 0 aliphatic carbocycles. The number of methoxy groups -OCH3 is 1. The summed E-state index contributed by atoms with van der Waals surface area (Å²) >= 11 is 0. The number of nitrogens with zero attached hydrogens (tertiary/aromatic N) is 1. The van der Waals surface area contributed by atoms with Crippen LogP contribution in [0.3, 0.4) is 0 Å². The van der Waals surface area contributed by atoms with Crippen molar-refractivity contribution in [2.24, 2.45) is 0 Å². The number of benzene rings is 2. The topological polar surface area (TPSA) is 66.8 Å². The number of ketones is 1. The average molecular weight is 471 g/mol. The van der Waals surface area contributed by atoms with Crippen LogP contribution in [0.5, 0.6) is 0 Å². The van der Waals surface area contributed by atoms with Crippen LogP contribution in [0.4, 0.5) is 32.0 Å². The summed E-state index contributed by atoms with van der Waals surface area (Å²) in [5.74, 6) is -1.78. The van der Waals surface area contributed by atoms with Crippen molar-refractivity contribution in [3.8, 4) is 12.3 Å². The molecule has 0 spiro atoms. The van der Waals surface area contributed by atoms with E-state index in [1.54, 1.807) is 0 Å². The van der Waals surface area contributed by atoms with Crippen LogP contribution in [0.1, 0.15) is 22.8 Å². The highest BCUT2D eigenvalue weighted by Crippen LogP contribution is 2.55. The smallest absolute Gasteiger partial charge is 0.454 e. The first kappa shape index (κ1) is 24.1. The molecule has 174 valence electrons. The Morgan fingerprint density at radius 1 is 1.15 bits per heavy atom. The Hall–Kier alpha value is -3.52. The van der Waals surface area contributed by atoms with E-state index in [0.29, 0.717) is 6.07 Å². The molecule has 3 rings (SSSR count). The first-order valence-electron chi connectivity index (χ1n) is 9.19. The van der Waals surface area contributed by atoms with Gasteiger partial charge in [-0.15, -0.1) is 6.42 Å². The fourth-order valence-electron chi connectivity index (χ4n) is 3.95. The highest BCUT2D eigenvalue weighted by molar-refractivity contribution is 6.15. The van der Waals surface area contributed by atoms with Crippen molar-refractivity contribution in [3.05, 3.63) is 52.7 Å². The Labute approximate surface area is 183 Å². The Morgan fingerprint density at radius 2 is 1.73 bits per heavy atom. The van der Waals surface area contributed by atoms with Crippen molar-refractivity contribution in [1.29, 1.82) is 0 Å². The molecule has 0 aromatic heterocycles. The van der Waals surface area contributed by atoms with Crippen LogP contribution in [-0.2, 0) is 15.1 Å². The lowest BCUT2D eigenvalue weighted by Crippen LogP contribution is -2.51. The molecule has 2 aromatic carbocycles. The van der Waals surface area contributed by atoms with Gasteiger partial charge in [0.1, 0.15) is 5.57 Å². The predicted molar refractivity (Wildman–Crippen MR) is 105 cm³/mol. The molecule has 0 fully saturated rings. The monoisotopic (exact) mass is 471 g/mol. The van der Waals surface area contributed by atoms with Crippen molar-refractivity contribution >= 4 is 28.2 Å². The predicted octanol–water partition coefficient (Wildman–Crippen LogP) is 4.23. The summed E-state index contributed by atoms with van der Waals surface area (Å²) in [6.07, 6.45) is -5.66. The van der Waals surface area contributed by atoms with E-state index in [4.69, 9.17) is 6.42 Å². The second-order valence-corrected chi connectivity index (χ2v) is 7.14. The Bertz CT molecular complexity index is 1240. The van der Waals surface area contributed by atoms with Crippen molar-refractivity contribution in [2.45, 2.75) is 24.9 Å². The molecular weight excluding hydrogens is 456 g/mol. The van der Waals surface area contributed by atoms with Crippen molar-refractivity contribution in [2.75, 3.05) is 18.6 Å². The first-order valence-corrected chi connectivity index (χ1v) is 9.19. The molecule has 1 heterocycles. The molecule has 0 saturated heterocycles. The van der Waals surface area contributed by atoms with Gasteiger partial charge in [0.05, 0.1) is 19.3 Å². The summed E-state index contributed by atoms with van der Waals surface area (Å²) in [6.45, 7) is 0.691. The maximum atomic E-state index is 14.3. The second kappa shape index (κ2) is 7.81. The van der Waals surface area contributed by atoms with Gasteiger partial charge in [-0.1, -0.05) is 30.2 Å². The van der Waals surface area contributed by atoms with E-state index in [1.165, 1.54) is 18.2 Å². The molecule has 11 heteroatoms. The maximum Gasteiger partial charge on any atom is 0.454 e. The normalized spacial score (nSPS) is 18.7. The summed E-state index contributed by atoms with van der Waals surface area (Å²) in [5, 5.41) is 10.5. The zero-order valence-electron chi connectivity index (χ0n) is 17.1. The molecular formula is C22H15F6NO4. The number of Topliss-reactive ketones (excluding diaryl/α,β-unsaturated/α-hetero) is 1. The summed E-state index contributed by atoms with van der Waals surface area (Å²) in [7, 11) is 0.777. The number of fused-ring (bicyclic) bond motifs is 3. The minimum absolute atomic E-state index is 0.205. The van der Waals surface area contributed by atoms with Gasteiger partial charge in [0.2, 0.25) is 5.60 Å². The number of allylic oxidation sites excluding steroid dienone is 1. The number of carbonyl (C=O) groups excluding carboxylic acids is 2. The summed E-state index contributed by atoms with van der Waals surface area (Å²) in [6, 6.07) is 5.26. The highest BCUT2D eigenvalue weighted by atomic mass is 19.4. The van der Waals surface area contributed by atoms with E-state index >= 15 is 0 Å². The molecule has 1 aliphatic rings. The summed E-state index contributed by atoms with van der Waals surface area (Å²) in [4.78, 5) is 25.6. The number of terminal acetylenes is 1. The van der Waals surface area contributed by atoms with Crippen LogP contribution >= 0.6 is 0 Å². The van der Waals surface area contributed by atoms with E-state index in [2.05, 4.69) is 10.7 Å². The molecule has 1 N–H and O–H groups in total. The number of rotatable bonds is 3. The number of esters is 1.